The first-order chi connectivity index (χ1) is 7.69. The van der Waals surface area contributed by atoms with Crippen molar-refractivity contribution in [1.29, 1.82) is 0 Å². The predicted molar refractivity (Wildman–Crippen MR) is 75.7 cm³/mol. The first-order valence-corrected chi connectivity index (χ1v) is 7.34. The monoisotopic (exact) mass is 313 g/mol. The molecule has 0 saturated heterocycles. The number of thioether (sulfide) groups is 2. The number of rotatable bonds is 1. The summed E-state index contributed by atoms with van der Waals surface area (Å²) in [5, 5.41) is 0.0206. The van der Waals surface area contributed by atoms with Gasteiger partial charge in [-0.1, -0.05) is 28.1 Å². The Morgan fingerprint density at radius 3 is 2.62 bits per heavy atom. The van der Waals surface area contributed by atoms with Crippen LogP contribution in [0.1, 0.15) is 5.56 Å². The number of carbonyl (C=O) groups is 1. The Labute approximate surface area is 111 Å². The van der Waals surface area contributed by atoms with Crippen LogP contribution in [0.25, 0.3) is 6.08 Å². The van der Waals surface area contributed by atoms with E-state index < -0.39 is 0 Å². The molecule has 0 aliphatic carbocycles. The van der Waals surface area contributed by atoms with E-state index in [4.69, 9.17) is 0 Å². The molecule has 2 nitrogen and oxygen atoms in total. The van der Waals surface area contributed by atoms with E-state index in [0.29, 0.717) is 5.70 Å². The van der Waals surface area contributed by atoms with Gasteiger partial charge in [-0.15, -0.1) is 11.8 Å². The van der Waals surface area contributed by atoms with Crippen molar-refractivity contribution in [2.75, 3.05) is 6.26 Å². The number of hydrogen-bond donors (Lipinski definition) is 0. The number of nitrogens with zero attached hydrogens (tertiary/aromatic N) is 1. The molecule has 2 rings (SSSR count). The van der Waals surface area contributed by atoms with Crippen LogP contribution in [-0.4, -0.2) is 15.7 Å². The van der Waals surface area contributed by atoms with Crippen LogP contribution in [0, 0.1) is 0 Å². The lowest BCUT2D eigenvalue weighted by Gasteiger charge is -1.94. The molecule has 0 saturated carbocycles. The summed E-state index contributed by atoms with van der Waals surface area (Å²) in [7, 11) is 0. The van der Waals surface area contributed by atoms with Crippen LogP contribution in [0.5, 0.6) is 0 Å². The number of hydrogen-bond acceptors (Lipinski definition) is 4. The molecule has 0 spiro atoms. The average Bonchev–Trinajstić information content (AvgIpc) is 2.63. The van der Waals surface area contributed by atoms with Crippen molar-refractivity contribution >= 4 is 55.0 Å². The van der Waals surface area contributed by atoms with Crippen LogP contribution >= 0.6 is 39.5 Å². The van der Waals surface area contributed by atoms with E-state index in [2.05, 4.69) is 20.9 Å². The highest BCUT2D eigenvalue weighted by molar-refractivity contribution is 9.10. The first kappa shape index (κ1) is 12.0. The molecule has 16 heavy (non-hydrogen) atoms. The molecule has 0 atom stereocenters. The Hall–Kier alpha value is -0.520. The van der Waals surface area contributed by atoms with Gasteiger partial charge in [-0.3, -0.25) is 4.79 Å². The van der Waals surface area contributed by atoms with Gasteiger partial charge in [0.1, 0.15) is 10.1 Å². The highest BCUT2D eigenvalue weighted by Crippen LogP contribution is 2.29. The van der Waals surface area contributed by atoms with E-state index in [1.54, 1.807) is 0 Å². The number of halogens is 1. The topological polar surface area (TPSA) is 29.4 Å². The van der Waals surface area contributed by atoms with E-state index in [1.165, 1.54) is 23.5 Å². The Balaban J connectivity index is 2.28. The lowest BCUT2D eigenvalue weighted by molar-refractivity contribution is -0.107. The largest absolute Gasteiger partial charge is 0.279 e. The molecule has 0 N–H and O–H groups in total. The fraction of sp³-hybridized carbons (Fsp3) is 0.0909. The summed E-state index contributed by atoms with van der Waals surface area (Å²) in [5.74, 6) is 0. The SMILES string of the molecule is CSC1=N/C(=C/c2ccc(Br)cc2)C(=O)S1. The standard InChI is InChI=1S/C11H8BrNOS2/c1-15-11-13-9(10(14)16-11)6-7-2-4-8(12)5-3-7/h2-6H,1H3/b9-6+. The minimum atomic E-state index is 0.0206. The second-order valence-electron chi connectivity index (χ2n) is 3.05. The molecule has 0 unspecified atom stereocenters. The number of benzene rings is 1. The van der Waals surface area contributed by atoms with Gasteiger partial charge in [0.2, 0.25) is 5.12 Å². The highest BCUT2D eigenvalue weighted by atomic mass is 79.9. The minimum Gasteiger partial charge on any atom is -0.279 e. The molecule has 0 amide bonds. The van der Waals surface area contributed by atoms with E-state index in [9.17, 15) is 4.79 Å². The normalized spacial score (nSPS) is 18.0. The van der Waals surface area contributed by atoms with E-state index in [1.807, 2.05) is 36.6 Å². The zero-order valence-corrected chi connectivity index (χ0v) is 11.7. The lowest BCUT2D eigenvalue weighted by atomic mass is 10.2. The summed E-state index contributed by atoms with van der Waals surface area (Å²) in [6.45, 7) is 0. The lowest BCUT2D eigenvalue weighted by Crippen LogP contribution is -1.87. The molecule has 82 valence electrons. The fourth-order valence-corrected chi connectivity index (χ4v) is 2.72. The van der Waals surface area contributed by atoms with Gasteiger partial charge in [0.05, 0.1) is 0 Å². The minimum absolute atomic E-state index is 0.0206. The molecule has 1 heterocycles. The Kier molecular flexibility index (Phi) is 3.89. The molecular formula is C11H8BrNOS2. The molecule has 1 aromatic carbocycles. The molecule has 1 aromatic rings. The Bertz CT molecular complexity index is 479. The third-order valence-electron chi connectivity index (χ3n) is 1.95. The summed E-state index contributed by atoms with van der Waals surface area (Å²) in [4.78, 5) is 15.8. The highest BCUT2D eigenvalue weighted by Gasteiger charge is 2.20. The smallest absolute Gasteiger partial charge is 0.244 e. The van der Waals surface area contributed by atoms with E-state index in [0.717, 1.165) is 14.4 Å². The summed E-state index contributed by atoms with van der Waals surface area (Å²) < 4.78 is 1.84. The Morgan fingerprint density at radius 2 is 2.06 bits per heavy atom. The second-order valence-corrected chi connectivity index (χ2v) is 5.98. The molecule has 1 aliphatic heterocycles. The van der Waals surface area contributed by atoms with Crippen LogP contribution < -0.4 is 0 Å². The molecular weight excluding hydrogens is 306 g/mol. The summed E-state index contributed by atoms with van der Waals surface area (Å²) >= 11 is 6.06. The maximum atomic E-state index is 11.6. The van der Waals surface area contributed by atoms with Crippen molar-refractivity contribution in [3.05, 3.63) is 40.0 Å². The van der Waals surface area contributed by atoms with Gasteiger partial charge in [-0.25, -0.2) is 4.99 Å². The zero-order valence-electron chi connectivity index (χ0n) is 8.44. The average molecular weight is 314 g/mol. The summed E-state index contributed by atoms with van der Waals surface area (Å²) in [6.07, 6.45) is 3.73. The molecule has 0 radical (unpaired) electrons. The predicted octanol–water partition coefficient (Wildman–Crippen LogP) is 3.78. The summed E-state index contributed by atoms with van der Waals surface area (Å²) in [6, 6.07) is 7.78. The van der Waals surface area contributed by atoms with E-state index in [-0.39, 0.29) is 5.12 Å². The van der Waals surface area contributed by atoms with Crippen molar-refractivity contribution in [2.24, 2.45) is 4.99 Å². The van der Waals surface area contributed by atoms with Crippen LogP contribution in [0.3, 0.4) is 0 Å². The van der Waals surface area contributed by atoms with Crippen molar-refractivity contribution in [3.63, 3.8) is 0 Å². The molecule has 0 aromatic heterocycles. The number of aliphatic imine (C=N–C) groups is 1. The fourth-order valence-electron chi connectivity index (χ4n) is 1.19. The van der Waals surface area contributed by atoms with Gasteiger partial charge in [-0.2, -0.15) is 0 Å². The van der Waals surface area contributed by atoms with Crippen molar-refractivity contribution in [2.45, 2.75) is 0 Å². The Morgan fingerprint density at radius 1 is 1.38 bits per heavy atom. The van der Waals surface area contributed by atoms with Crippen molar-refractivity contribution < 1.29 is 4.79 Å². The maximum absolute atomic E-state index is 11.6. The quantitative estimate of drug-likeness (QED) is 0.739. The van der Waals surface area contributed by atoms with Crippen molar-refractivity contribution in [3.8, 4) is 0 Å². The van der Waals surface area contributed by atoms with Gasteiger partial charge >= 0.3 is 0 Å². The first-order valence-electron chi connectivity index (χ1n) is 4.51. The maximum Gasteiger partial charge on any atom is 0.244 e. The van der Waals surface area contributed by atoms with Crippen LogP contribution in [0.15, 0.2) is 39.4 Å². The van der Waals surface area contributed by atoms with Gasteiger partial charge in [0, 0.05) is 4.47 Å². The third kappa shape index (κ3) is 2.78. The molecule has 5 heteroatoms. The summed E-state index contributed by atoms with van der Waals surface area (Å²) in [5.41, 5.74) is 1.51. The van der Waals surface area contributed by atoms with Crippen LogP contribution in [0.4, 0.5) is 0 Å². The third-order valence-corrected chi connectivity index (χ3v) is 4.33. The molecule has 0 bridgehead atoms. The van der Waals surface area contributed by atoms with Gasteiger partial charge in [-0.05, 0) is 41.8 Å². The van der Waals surface area contributed by atoms with Gasteiger partial charge in [0.15, 0.2) is 0 Å². The van der Waals surface area contributed by atoms with Gasteiger partial charge in [0.25, 0.3) is 0 Å². The van der Waals surface area contributed by atoms with E-state index >= 15 is 0 Å². The van der Waals surface area contributed by atoms with Crippen LogP contribution in [0.2, 0.25) is 0 Å². The second kappa shape index (κ2) is 5.21. The molecule has 0 fully saturated rings. The zero-order chi connectivity index (χ0) is 11.5. The van der Waals surface area contributed by atoms with Gasteiger partial charge < -0.3 is 0 Å². The molecule has 1 aliphatic rings. The van der Waals surface area contributed by atoms with Crippen molar-refractivity contribution in [1.82, 2.24) is 0 Å². The van der Waals surface area contributed by atoms with Crippen LogP contribution in [-0.2, 0) is 4.79 Å². The number of carbonyl (C=O) groups excluding carboxylic acids is 1.